The molecule has 1 aliphatic rings. The van der Waals surface area contributed by atoms with Crippen LogP contribution in [0.4, 0.5) is 0 Å². The third kappa shape index (κ3) is 32.0. The Labute approximate surface area is 362 Å². The standard InChI is InChI=1S/C44H77O10P.Na/c1-3-5-7-9-11-12-13-14-15-16-17-18-19-20-24-28-34-51-37-41(38-53-55(49,50)52-36-40(46)35-45)54-44(48)31-27-23-22-25-29-39-32-33-43(47)42(39)30-26-21-10-8-6-4-2;/h21-22,25-26,30,32-33,39-41,45-46H,3-20,23-24,27-29,31,34-38H2,1-2H3,(H,49,50);/q;+1/p-1/b25-22-,26-21+,42-30+;/t39-,40+,41-;/m0./s1. The van der Waals surface area contributed by atoms with Crippen molar-refractivity contribution in [2.45, 2.75) is 180 Å². The smallest absolute Gasteiger partial charge is 0.756 e. The Morgan fingerprint density at radius 1 is 0.786 bits per heavy atom. The molecule has 0 aromatic heterocycles. The zero-order valence-electron chi connectivity index (χ0n) is 35.4. The molecular formula is C44H76NaO10P. The number of hydrogen-bond acceptors (Lipinski definition) is 10. The fourth-order valence-corrected chi connectivity index (χ4v) is 7.05. The molecule has 0 aromatic carbocycles. The quantitative estimate of drug-likeness (QED) is 0.0167. The van der Waals surface area contributed by atoms with Gasteiger partial charge in [-0.3, -0.25) is 14.2 Å². The fraction of sp³-hybridized carbons (Fsp3) is 0.773. The maximum absolute atomic E-state index is 12.7. The van der Waals surface area contributed by atoms with E-state index in [0.717, 1.165) is 37.7 Å². The van der Waals surface area contributed by atoms with Gasteiger partial charge in [0.15, 0.2) is 5.78 Å². The summed E-state index contributed by atoms with van der Waals surface area (Å²) < 4.78 is 33.0. The normalized spacial score (nSPS) is 17.2. The number of esters is 1. The van der Waals surface area contributed by atoms with Crippen molar-refractivity contribution in [2.75, 3.05) is 33.0 Å². The summed E-state index contributed by atoms with van der Waals surface area (Å²) in [7, 11) is -4.81. The van der Waals surface area contributed by atoms with Gasteiger partial charge in [0, 0.05) is 24.5 Å². The molecule has 12 heteroatoms. The SMILES string of the molecule is CCCCC/C=C/C=C1/C(=O)C=C[C@@H]1C/C=C\CCCC(=O)O[C@@H](COCCCCCCCCCCCCCCCCCC)COP(=O)([O-])OC[C@H](O)CO.[Na+]. The van der Waals surface area contributed by atoms with Crippen LogP contribution in [0.3, 0.4) is 0 Å². The maximum atomic E-state index is 12.7. The molecule has 318 valence electrons. The maximum Gasteiger partial charge on any atom is 1.00 e. The Kier molecular flexibility index (Phi) is 37.7. The van der Waals surface area contributed by atoms with Crippen molar-refractivity contribution in [1.82, 2.24) is 0 Å². The Morgan fingerprint density at radius 3 is 1.95 bits per heavy atom. The van der Waals surface area contributed by atoms with Crippen LogP contribution in [-0.2, 0) is 32.7 Å². The van der Waals surface area contributed by atoms with Gasteiger partial charge in [-0.05, 0) is 44.6 Å². The molecule has 1 rings (SSSR count). The number of phosphoric acid groups is 1. The molecule has 2 N–H and O–H groups in total. The second-order valence-corrected chi connectivity index (χ2v) is 16.3. The van der Waals surface area contributed by atoms with E-state index in [1.165, 1.54) is 96.3 Å². The average molecular weight is 819 g/mol. The first-order chi connectivity index (χ1) is 26.7. The largest absolute Gasteiger partial charge is 1.00 e. The van der Waals surface area contributed by atoms with Crippen LogP contribution in [0, 0.1) is 5.92 Å². The van der Waals surface area contributed by atoms with E-state index in [2.05, 4.69) is 24.4 Å². The number of rotatable bonds is 38. The Bertz CT molecular complexity index is 1140. The summed E-state index contributed by atoms with van der Waals surface area (Å²) in [6, 6.07) is 0. The second kappa shape index (κ2) is 38.3. The minimum absolute atomic E-state index is 0. The van der Waals surface area contributed by atoms with Gasteiger partial charge in [0.2, 0.25) is 0 Å². The average Bonchev–Trinajstić information content (AvgIpc) is 3.52. The number of aliphatic hydroxyl groups is 2. The molecular weight excluding hydrogens is 742 g/mol. The molecule has 0 radical (unpaired) electrons. The molecule has 10 nitrogen and oxygen atoms in total. The number of carbonyl (C=O) groups excluding carboxylic acids is 2. The second-order valence-electron chi connectivity index (χ2n) is 14.8. The Morgan fingerprint density at radius 2 is 1.34 bits per heavy atom. The summed E-state index contributed by atoms with van der Waals surface area (Å²) in [6.07, 6.45) is 38.2. The first-order valence-electron chi connectivity index (χ1n) is 21.6. The molecule has 0 saturated carbocycles. The molecule has 0 heterocycles. The molecule has 4 atom stereocenters. The van der Waals surface area contributed by atoms with Crippen LogP contribution < -0.4 is 34.5 Å². The molecule has 0 bridgehead atoms. The predicted molar refractivity (Wildman–Crippen MR) is 219 cm³/mol. The zero-order valence-corrected chi connectivity index (χ0v) is 38.3. The molecule has 0 fully saturated rings. The van der Waals surface area contributed by atoms with Crippen molar-refractivity contribution in [3.63, 3.8) is 0 Å². The number of carbonyl (C=O) groups is 2. The number of unbranched alkanes of at least 4 members (excludes halogenated alkanes) is 19. The van der Waals surface area contributed by atoms with E-state index in [9.17, 15) is 24.2 Å². The number of ketones is 1. The van der Waals surface area contributed by atoms with Gasteiger partial charge >= 0.3 is 35.5 Å². The molecule has 1 aliphatic carbocycles. The summed E-state index contributed by atoms with van der Waals surface area (Å²) in [4.78, 5) is 37.1. The zero-order chi connectivity index (χ0) is 40.2. The van der Waals surface area contributed by atoms with Crippen molar-refractivity contribution in [3.05, 3.63) is 48.1 Å². The van der Waals surface area contributed by atoms with Crippen molar-refractivity contribution in [2.24, 2.45) is 5.92 Å². The predicted octanol–water partition coefficient (Wildman–Crippen LogP) is 6.97. The summed E-state index contributed by atoms with van der Waals surface area (Å²) in [6.45, 7) is 3.07. The first-order valence-corrected chi connectivity index (χ1v) is 23.1. The van der Waals surface area contributed by atoms with Crippen LogP contribution in [0.25, 0.3) is 0 Å². The molecule has 0 spiro atoms. The van der Waals surface area contributed by atoms with Crippen LogP contribution in [0.5, 0.6) is 0 Å². The topological polar surface area (TPSA) is 152 Å². The Balaban J connectivity index is 0.0000302. The van der Waals surface area contributed by atoms with Gasteiger partial charge < -0.3 is 33.6 Å². The van der Waals surface area contributed by atoms with Gasteiger partial charge in [-0.25, -0.2) is 0 Å². The van der Waals surface area contributed by atoms with Gasteiger partial charge in [0.25, 0.3) is 7.82 Å². The van der Waals surface area contributed by atoms with E-state index in [4.69, 9.17) is 19.1 Å². The van der Waals surface area contributed by atoms with Crippen LogP contribution in [0.15, 0.2) is 48.1 Å². The molecule has 0 amide bonds. The number of hydrogen-bond donors (Lipinski definition) is 2. The fourth-order valence-electron chi connectivity index (χ4n) is 6.27. The van der Waals surface area contributed by atoms with Crippen LogP contribution >= 0.6 is 7.82 Å². The van der Waals surface area contributed by atoms with Crippen LogP contribution in [0.2, 0.25) is 0 Å². The monoisotopic (exact) mass is 819 g/mol. The molecule has 0 aliphatic heterocycles. The van der Waals surface area contributed by atoms with Crippen LogP contribution in [-0.4, -0.2) is 67.2 Å². The van der Waals surface area contributed by atoms with Gasteiger partial charge in [-0.2, -0.15) is 0 Å². The van der Waals surface area contributed by atoms with Crippen molar-refractivity contribution >= 4 is 19.6 Å². The minimum atomic E-state index is -4.81. The molecule has 0 aromatic rings. The van der Waals surface area contributed by atoms with Gasteiger partial charge in [-0.15, -0.1) is 0 Å². The van der Waals surface area contributed by atoms with Crippen molar-refractivity contribution in [3.8, 4) is 0 Å². The van der Waals surface area contributed by atoms with Gasteiger partial charge in [-0.1, -0.05) is 159 Å². The number of aliphatic hydroxyl groups excluding tert-OH is 2. The molecule has 0 saturated heterocycles. The van der Waals surface area contributed by atoms with Gasteiger partial charge in [0.1, 0.15) is 12.2 Å². The summed E-state index contributed by atoms with van der Waals surface area (Å²) in [5, 5.41) is 18.3. The van der Waals surface area contributed by atoms with E-state index in [-0.39, 0.29) is 54.3 Å². The molecule has 56 heavy (non-hydrogen) atoms. The molecule has 1 unspecified atom stereocenters. The third-order valence-corrected chi connectivity index (χ3v) is 10.6. The number of phosphoric ester groups is 1. The number of allylic oxidation sites excluding steroid dienone is 8. The third-order valence-electron chi connectivity index (χ3n) is 9.66. The van der Waals surface area contributed by atoms with Crippen molar-refractivity contribution < 1.29 is 77.3 Å². The van der Waals surface area contributed by atoms with E-state index in [0.29, 0.717) is 25.9 Å². The number of ether oxygens (including phenoxy) is 2. The Hall–Kier alpha value is -0.910. The van der Waals surface area contributed by atoms with Crippen LogP contribution in [0.1, 0.15) is 168 Å². The van der Waals surface area contributed by atoms with Gasteiger partial charge in [0.05, 0.1) is 26.4 Å². The minimum Gasteiger partial charge on any atom is -0.756 e. The first kappa shape index (κ1) is 55.1. The van der Waals surface area contributed by atoms with Crippen molar-refractivity contribution in [1.29, 1.82) is 0 Å². The van der Waals surface area contributed by atoms with E-state index >= 15 is 0 Å². The van der Waals surface area contributed by atoms with E-state index < -0.39 is 45.8 Å². The van der Waals surface area contributed by atoms with E-state index in [1.807, 2.05) is 30.4 Å². The summed E-state index contributed by atoms with van der Waals surface area (Å²) in [5.74, 6) is -0.401. The van der Waals surface area contributed by atoms with E-state index in [1.54, 1.807) is 6.08 Å². The summed E-state index contributed by atoms with van der Waals surface area (Å²) in [5.41, 5.74) is 0.794. The summed E-state index contributed by atoms with van der Waals surface area (Å²) >= 11 is 0.